The summed E-state index contributed by atoms with van der Waals surface area (Å²) in [6.07, 6.45) is 2.62. The van der Waals surface area contributed by atoms with E-state index in [9.17, 15) is 18.4 Å². The molecule has 0 bridgehead atoms. The normalized spacial score (nSPS) is 19.5. The van der Waals surface area contributed by atoms with E-state index in [-0.39, 0.29) is 18.8 Å². The van der Waals surface area contributed by atoms with Crippen LogP contribution in [-0.4, -0.2) is 39.0 Å². The lowest BCUT2D eigenvalue weighted by atomic mass is 9.89. The first kappa shape index (κ1) is 17.1. The maximum absolute atomic E-state index is 12.9. The van der Waals surface area contributed by atoms with Gasteiger partial charge in [0.05, 0.1) is 12.1 Å². The summed E-state index contributed by atoms with van der Waals surface area (Å²) >= 11 is 0. The van der Waals surface area contributed by atoms with E-state index in [1.807, 2.05) is 0 Å². The van der Waals surface area contributed by atoms with Crippen LogP contribution in [0.5, 0.6) is 0 Å². The van der Waals surface area contributed by atoms with Crippen LogP contribution in [0.4, 0.5) is 8.78 Å². The highest BCUT2D eigenvalue weighted by atomic mass is 19.3. The fourth-order valence-corrected chi connectivity index (χ4v) is 2.98. The molecule has 2 aromatic rings. The molecule has 0 fully saturated rings. The molecule has 1 aromatic carbocycles. The van der Waals surface area contributed by atoms with Crippen molar-refractivity contribution in [1.29, 1.82) is 0 Å². The number of aromatic nitrogens is 2. The predicted molar refractivity (Wildman–Crippen MR) is 83.9 cm³/mol. The van der Waals surface area contributed by atoms with Crippen molar-refractivity contribution in [2.24, 2.45) is 0 Å². The molecule has 1 unspecified atom stereocenters. The lowest BCUT2D eigenvalue weighted by Crippen LogP contribution is -2.52. The number of likely N-dealkylation sites (N-methyl/N-ethyl adjacent to an activating group) is 1. The summed E-state index contributed by atoms with van der Waals surface area (Å²) in [6, 6.07) is 6.92. The van der Waals surface area contributed by atoms with Crippen LogP contribution < -0.4 is 0 Å². The second kappa shape index (κ2) is 6.27. The minimum absolute atomic E-state index is 0.0528. The van der Waals surface area contributed by atoms with E-state index in [0.29, 0.717) is 10.1 Å². The molecule has 1 aromatic heterocycles. The number of carbonyl (C=O) groups is 2. The van der Waals surface area contributed by atoms with Gasteiger partial charge in [0.25, 0.3) is 5.91 Å². The van der Waals surface area contributed by atoms with E-state index >= 15 is 0 Å². The molecule has 25 heavy (non-hydrogen) atoms. The summed E-state index contributed by atoms with van der Waals surface area (Å²) < 4.78 is 31.9. The first-order chi connectivity index (χ1) is 11.8. The van der Waals surface area contributed by atoms with Gasteiger partial charge in [-0.3, -0.25) is 9.36 Å². The second-order valence-electron chi connectivity index (χ2n) is 6.14. The molecule has 3 rings (SSSR count). The first-order valence-electron chi connectivity index (χ1n) is 7.68. The summed E-state index contributed by atoms with van der Waals surface area (Å²) in [6.45, 7) is -1.33. The highest BCUT2D eigenvalue weighted by molar-refractivity contribution is 5.97. The number of fused-ring (bicyclic) bond motifs is 1. The molecule has 1 amide bonds. The highest BCUT2D eigenvalue weighted by Gasteiger charge is 2.44. The van der Waals surface area contributed by atoms with Gasteiger partial charge in [-0.15, -0.1) is 0 Å². The largest absolute Gasteiger partial charge is 0.445 e. The molecule has 1 aliphatic heterocycles. The minimum Gasteiger partial charge on any atom is -0.445 e. The molecule has 1 atom stereocenters. The molecule has 1 aliphatic rings. The Morgan fingerprint density at radius 1 is 1.44 bits per heavy atom. The average Bonchev–Trinajstić information content (AvgIpc) is 3.02. The SMILES string of the molecule is CN(Cc1nccn1C(F)F)C(=O)C1(C)Cc2ccccc2C(=O)O1. The molecule has 0 radical (unpaired) electrons. The third-order valence-electron chi connectivity index (χ3n) is 4.22. The number of cyclic esters (lactones) is 1. The van der Waals surface area contributed by atoms with Crippen LogP contribution in [0, 0.1) is 0 Å². The molecule has 0 spiro atoms. The lowest BCUT2D eigenvalue weighted by molar-refractivity contribution is -0.150. The summed E-state index contributed by atoms with van der Waals surface area (Å²) in [5, 5.41) is 0. The third-order valence-corrected chi connectivity index (χ3v) is 4.22. The summed E-state index contributed by atoms with van der Waals surface area (Å²) in [4.78, 5) is 30.1. The van der Waals surface area contributed by atoms with Gasteiger partial charge in [-0.1, -0.05) is 18.2 Å². The standard InChI is InChI=1S/C17H17F2N3O3/c1-17(9-11-5-3-4-6-12(11)14(23)25-17)15(24)21(2)10-13-20-7-8-22(13)16(18)19/h3-8,16H,9-10H2,1-2H3. The Balaban J connectivity index is 1.80. The number of rotatable bonds is 4. The van der Waals surface area contributed by atoms with Crippen LogP contribution in [0.25, 0.3) is 0 Å². The van der Waals surface area contributed by atoms with Crippen molar-refractivity contribution in [3.8, 4) is 0 Å². The predicted octanol–water partition coefficient (Wildman–Crippen LogP) is 2.41. The van der Waals surface area contributed by atoms with Gasteiger partial charge in [-0.05, 0) is 18.6 Å². The van der Waals surface area contributed by atoms with Gasteiger partial charge in [-0.2, -0.15) is 8.78 Å². The number of amides is 1. The van der Waals surface area contributed by atoms with Crippen molar-refractivity contribution in [2.75, 3.05) is 7.05 Å². The Labute approximate surface area is 143 Å². The number of alkyl halides is 2. The van der Waals surface area contributed by atoms with Crippen molar-refractivity contribution in [1.82, 2.24) is 14.5 Å². The van der Waals surface area contributed by atoms with Gasteiger partial charge in [-0.25, -0.2) is 9.78 Å². The van der Waals surface area contributed by atoms with E-state index < -0.39 is 24.0 Å². The zero-order valence-electron chi connectivity index (χ0n) is 13.8. The number of nitrogens with zero attached hydrogens (tertiary/aromatic N) is 3. The number of imidazole rings is 1. The smallest absolute Gasteiger partial charge is 0.339 e. The van der Waals surface area contributed by atoms with Crippen molar-refractivity contribution in [3.05, 3.63) is 53.6 Å². The van der Waals surface area contributed by atoms with E-state index in [4.69, 9.17) is 4.74 Å². The first-order valence-corrected chi connectivity index (χ1v) is 7.68. The Morgan fingerprint density at radius 2 is 2.16 bits per heavy atom. The molecule has 6 nitrogen and oxygen atoms in total. The number of esters is 1. The van der Waals surface area contributed by atoms with Crippen molar-refractivity contribution < 1.29 is 23.1 Å². The van der Waals surface area contributed by atoms with Crippen LogP contribution in [0.2, 0.25) is 0 Å². The topological polar surface area (TPSA) is 64.4 Å². The Bertz CT molecular complexity index is 821. The second-order valence-corrected chi connectivity index (χ2v) is 6.14. The number of benzene rings is 1. The zero-order chi connectivity index (χ0) is 18.2. The van der Waals surface area contributed by atoms with Crippen LogP contribution in [-0.2, 0) is 22.5 Å². The van der Waals surface area contributed by atoms with Gasteiger partial charge in [0.2, 0.25) is 0 Å². The monoisotopic (exact) mass is 349 g/mol. The number of carbonyl (C=O) groups excluding carboxylic acids is 2. The van der Waals surface area contributed by atoms with Gasteiger partial charge >= 0.3 is 12.5 Å². The van der Waals surface area contributed by atoms with E-state index in [2.05, 4.69) is 4.98 Å². The van der Waals surface area contributed by atoms with Crippen LogP contribution in [0.15, 0.2) is 36.7 Å². The number of ether oxygens (including phenoxy) is 1. The zero-order valence-corrected chi connectivity index (χ0v) is 13.8. The maximum atomic E-state index is 12.9. The summed E-state index contributed by atoms with van der Waals surface area (Å²) in [7, 11) is 1.46. The molecule has 0 aliphatic carbocycles. The fourth-order valence-electron chi connectivity index (χ4n) is 2.98. The Hall–Kier alpha value is -2.77. The average molecular weight is 349 g/mol. The number of hydrogen-bond acceptors (Lipinski definition) is 4. The molecule has 2 heterocycles. The van der Waals surface area contributed by atoms with Gasteiger partial charge in [0, 0.05) is 25.9 Å². The lowest BCUT2D eigenvalue weighted by Gasteiger charge is -2.35. The van der Waals surface area contributed by atoms with Crippen molar-refractivity contribution in [2.45, 2.75) is 32.0 Å². The van der Waals surface area contributed by atoms with Crippen molar-refractivity contribution in [3.63, 3.8) is 0 Å². The Kier molecular flexibility index (Phi) is 4.28. The van der Waals surface area contributed by atoms with Gasteiger partial charge in [0.1, 0.15) is 5.82 Å². The molecular weight excluding hydrogens is 332 g/mol. The number of halogens is 2. The van der Waals surface area contributed by atoms with Crippen LogP contribution in [0.1, 0.15) is 35.2 Å². The quantitative estimate of drug-likeness (QED) is 0.795. The summed E-state index contributed by atoms with van der Waals surface area (Å²) in [5.74, 6) is -0.990. The maximum Gasteiger partial charge on any atom is 0.339 e. The third kappa shape index (κ3) is 3.11. The minimum atomic E-state index is -2.74. The van der Waals surface area contributed by atoms with E-state index in [1.165, 1.54) is 25.1 Å². The van der Waals surface area contributed by atoms with Crippen molar-refractivity contribution >= 4 is 11.9 Å². The fraction of sp³-hybridized carbons (Fsp3) is 0.353. The molecule has 0 N–H and O–H groups in total. The van der Waals surface area contributed by atoms with Crippen LogP contribution in [0.3, 0.4) is 0 Å². The van der Waals surface area contributed by atoms with Gasteiger partial charge in [0.15, 0.2) is 5.60 Å². The molecule has 8 heteroatoms. The molecule has 132 valence electrons. The van der Waals surface area contributed by atoms with Gasteiger partial charge < -0.3 is 9.64 Å². The number of hydrogen-bond donors (Lipinski definition) is 0. The summed E-state index contributed by atoms with van der Waals surface area (Å²) in [5.41, 5.74) is -0.233. The molecule has 0 saturated carbocycles. The highest BCUT2D eigenvalue weighted by Crippen LogP contribution is 2.30. The molecular formula is C17H17F2N3O3. The Morgan fingerprint density at radius 3 is 2.88 bits per heavy atom. The van der Waals surface area contributed by atoms with Crippen LogP contribution >= 0.6 is 0 Å². The van der Waals surface area contributed by atoms with E-state index in [0.717, 1.165) is 11.8 Å². The molecule has 0 saturated heterocycles. The van der Waals surface area contributed by atoms with E-state index in [1.54, 1.807) is 24.3 Å².